The van der Waals surface area contributed by atoms with Crippen LogP contribution in [-0.4, -0.2) is 121 Å². The minimum Gasteiger partial charge on any atom is -0.346 e. The van der Waals surface area contributed by atoms with Crippen molar-refractivity contribution < 1.29 is 0 Å². The van der Waals surface area contributed by atoms with E-state index in [1.807, 2.05) is 0 Å². The Kier molecular flexibility index (Phi) is 11.7. The van der Waals surface area contributed by atoms with Crippen LogP contribution in [0.25, 0.3) is 0 Å². The summed E-state index contributed by atoms with van der Waals surface area (Å²) in [4.78, 5) is 0. The fourth-order valence-corrected chi connectivity index (χ4v) is 33.4. The van der Waals surface area contributed by atoms with Crippen LogP contribution in [0.2, 0.25) is 26.2 Å². The first kappa shape index (κ1) is 23.5. The molecule has 2 heterocycles. The van der Waals surface area contributed by atoms with Gasteiger partial charge in [0, 0.05) is 0 Å². The molecule has 0 aromatic heterocycles. The largest absolute Gasteiger partial charge is 0.346 e. The number of hydrogen-bond acceptors (Lipinski definition) is 8. The Morgan fingerprint density at radius 2 is 0.625 bits per heavy atom. The maximum absolute atomic E-state index is 3.47. The Hall–Kier alpha value is 1.42. The molecule has 4 N–H and O–H groups in total. The highest BCUT2D eigenvalue weighted by atomic mass is 28.4. The highest BCUT2D eigenvalue weighted by molar-refractivity contribution is 6.84. The Balaban J connectivity index is 0.000000300. The van der Waals surface area contributed by atoms with Gasteiger partial charge in [-0.2, -0.15) is 0 Å². The molecule has 0 atom stereocenters. The second-order valence-electron chi connectivity index (χ2n) is 6.90. The first-order chi connectivity index (χ1) is 11.3. The molecule has 2 fully saturated rings. The van der Waals surface area contributed by atoms with Crippen molar-refractivity contribution in [2.75, 3.05) is 28.2 Å². The molecule has 0 radical (unpaired) electrons. The smallest absolute Gasteiger partial charge is 0.174 e. The zero-order valence-electron chi connectivity index (χ0n) is 16.9. The van der Waals surface area contributed by atoms with Gasteiger partial charge in [0.2, 0.25) is 0 Å². The summed E-state index contributed by atoms with van der Waals surface area (Å²) in [5.41, 5.74) is 0. The summed E-state index contributed by atoms with van der Waals surface area (Å²) in [7, 11) is 5.98. The highest BCUT2D eigenvalue weighted by Gasteiger charge is 2.37. The maximum Gasteiger partial charge on any atom is 0.174 e. The van der Waals surface area contributed by atoms with Crippen LogP contribution in [0.3, 0.4) is 0 Å². The molecule has 2 saturated heterocycles. The van der Waals surface area contributed by atoms with Gasteiger partial charge >= 0.3 is 0 Å². The quantitative estimate of drug-likeness (QED) is 0.260. The summed E-state index contributed by atoms with van der Waals surface area (Å²) in [5.74, 6) is 0. The summed E-state index contributed by atoms with van der Waals surface area (Å²) < 4.78 is 24.9. The molecule has 0 aliphatic carbocycles. The second-order valence-corrected chi connectivity index (χ2v) is 30.3. The molecular weight excluding hydrogens is 433 g/mol. The average Bonchev–Trinajstić information content (AvgIpc) is 2.55. The van der Waals surface area contributed by atoms with Crippen LogP contribution in [0.1, 0.15) is 0 Å². The van der Waals surface area contributed by atoms with Crippen molar-refractivity contribution in [2.24, 2.45) is 0 Å². The lowest BCUT2D eigenvalue weighted by molar-refractivity contribution is 0.545. The van der Waals surface area contributed by atoms with Crippen molar-refractivity contribution in [2.45, 2.75) is 26.2 Å². The molecule has 24 heavy (non-hydrogen) atoms. The molecule has 0 amide bonds. The van der Waals surface area contributed by atoms with Crippen molar-refractivity contribution in [3.63, 3.8) is 0 Å². The lowest BCUT2D eigenvalue weighted by Gasteiger charge is -2.50. The van der Waals surface area contributed by atoms with Crippen molar-refractivity contribution in [1.82, 2.24) is 35.5 Å². The number of nitrogens with one attached hydrogen (secondary N) is 4. The molecule has 2 rings (SSSR count). The Labute approximate surface area is 165 Å². The van der Waals surface area contributed by atoms with Gasteiger partial charge in [0.1, 0.15) is 0 Å². The van der Waals surface area contributed by atoms with E-state index < -0.39 is 36.5 Å². The molecule has 0 unspecified atom stereocenters. The van der Waals surface area contributed by atoms with Crippen molar-refractivity contribution >= 4 is 75.9 Å². The topological polar surface area (TPSA) is 61.1 Å². The summed E-state index contributed by atoms with van der Waals surface area (Å²) >= 11 is 0. The second kappa shape index (κ2) is 12.0. The average molecular weight is 473 g/mol. The lowest BCUT2D eigenvalue weighted by Crippen LogP contribution is -2.72. The number of hydrogen-bond donors (Lipinski definition) is 4. The van der Waals surface area contributed by atoms with Crippen LogP contribution in [0.4, 0.5) is 0 Å². The van der Waals surface area contributed by atoms with Gasteiger partial charge in [-0.3, -0.25) is 0 Å². The first-order valence-corrected chi connectivity index (χ1v) is 23.4. The van der Waals surface area contributed by atoms with Gasteiger partial charge in [-0.05, 0) is 54.4 Å². The Bertz CT molecular complexity index is 246. The minimum atomic E-state index is -0.848. The van der Waals surface area contributed by atoms with Gasteiger partial charge < -0.3 is 35.5 Å². The molecule has 2 aliphatic heterocycles. The predicted octanol–water partition coefficient (Wildman–Crippen LogP) is -6.52. The lowest BCUT2D eigenvalue weighted by atomic mass is 11.6. The normalized spacial score (nSPS) is 40.0. The molecule has 0 bridgehead atoms. The van der Waals surface area contributed by atoms with Crippen molar-refractivity contribution in [1.29, 1.82) is 0 Å². The third-order valence-electron chi connectivity index (χ3n) is 5.72. The van der Waals surface area contributed by atoms with E-state index in [0.717, 1.165) is 0 Å². The monoisotopic (exact) mass is 472 g/mol. The predicted molar refractivity (Wildman–Crippen MR) is 130 cm³/mol. The standard InChI is InChI=1S/C8H28N4Si4.H12N4Si4/c1-9-13(5)10(2)15(7)12(4)16(8)11(3)14(9)6;1-5-2-7-4-8-3-6-1/h13-16H,1-8H3;1-4H,5-8H2. The van der Waals surface area contributed by atoms with E-state index in [1.54, 1.807) is 0 Å². The molecule has 16 heteroatoms. The molecule has 0 aromatic rings. The molecule has 0 saturated carbocycles. The van der Waals surface area contributed by atoms with E-state index >= 15 is 0 Å². The van der Waals surface area contributed by atoms with Crippen molar-refractivity contribution in [3.05, 3.63) is 0 Å². The molecule has 2 aliphatic rings. The Morgan fingerprint density at radius 3 is 0.792 bits per heavy atom. The molecule has 144 valence electrons. The van der Waals surface area contributed by atoms with Crippen LogP contribution in [0, 0.1) is 0 Å². The zero-order chi connectivity index (χ0) is 18.3. The highest BCUT2D eigenvalue weighted by Crippen LogP contribution is 2.14. The first-order valence-electron chi connectivity index (χ1n) is 8.99. The third kappa shape index (κ3) is 6.86. The van der Waals surface area contributed by atoms with E-state index in [-0.39, 0.29) is 39.4 Å². The van der Waals surface area contributed by atoms with Gasteiger partial charge in [-0.25, -0.2) is 0 Å². The zero-order valence-corrected chi connectivity index (χ0v) is 27.2. The van der Waals surface area contributed by atoms with Crippen LogP contribution in [-0.2, 0) is 0 Å². The fourth-order valence-electron chi connectivity index (χ4n) is 3.00. The van der Waals surface area contributed by atoms with E-state index in [2.05, 4.69) is 89.9 Å². The van der Waals surface area contributed by atoms with Gasteiger partial charge in [-0.1, -0.05) is 0 Å². The number of rotatable bonds is 0. The third-order valence-corrected chi connectivity index (χ3v) is 33.5. The van der Waals surface area contributed by atoms with Crippen LogP contribution >= 0.6 is 0 Å². The maximum atomic E-state index is 3.47. The fraction of sp³-hybridized carbons (Fsp3) is 1.00. The van der Waals surface area contributed by atoms with Crippen LogP contribution in [0.15, 0.2) is 0 Å². The Morgan fingerprint density at radius 1 is 0.458 bits per heavy atom. The number of nitrogens with zero attached hydrogens (tertiary/aromatic N) is 4. The molecule has 0 spiro atoms. The van der Waals surface area contributed by atoms with Gasteiger partial charge in [0.15, 0.2) is 75.9 Å². The SMILES string of the molecule is CN1[SiH](C)N(C)[SiH](C)N(C)[SiH](C)N(C)[SiH]1C.N1[SiH2]N[SiH2]N[SiH2]N[SiH2]1. The summed E-state index contributed by atoms with van der Waals surface area (Å²) in [6, 6.07) is 0. The summed E-state index contributed by atoms with van der Waals surface area (Å²) in [6.45, 7) is 9.97. The van der Waals surface area contributed by atoms with E-state index in [4.69, 9.17) is 0 Å². The molecule has 8 nitrogen and oxygen atoms in total. The van der Waals surface area contributed by atoms with E-state index in [0.29, 0.717) is 0 Å². The molecule has 0 aromatic carbocycles. The van der Waals surface area contributed by atoms with Crippen molar-refractivity contribution in [3.8, 4) is 0 Å². The van der Waals surface area contributed by atoms with E-state index in [9.17, 15) is 0 Å². The van der Waals surface area contributed by atoms with Gasteiger partial charge in [-0.15, -0.1) is 0 Å². The van der Waals surface area contributed by atoms with Gasteiger partial charge in [0.25, 0.3) is 0 Å². The van der Waals surface area contributed by atoms with Gasteiger partial charge in [0.05, 0.1) is 0 Å². The van der Waals surface area contributed by atoms with E-state index in [1.165, 1.54) is 0 Å². The van der Waals surface area contributed by atoms with Crippen LogP contribution < -0.4 is 18.6 Å². The summed E-state index contributed by atoms with van der Waals surface area (Å²) in [6.07, 6.45) is 0. The molecular formula is C8H40N8Si8. The minimum absolute atomic E-state index is 0.0278. The summed E-state index contributed by atoms with van der Waals surface area (Å²) in [5, 5.41) is 0. The van der Waals surface area contributed by atoms with Crippen LogP contribution in [0.5, 0.6) is 0 Å².